The fourth-order valence-electron chi connectivity index (χ4n) is 2.26. The van der Waals surface area contributed by atoms with Crippen LogP contribution in [0.15, 0.2) is 23.1 Å². The van der Waals surface area contributed by atoms with Gasteiger partial charge in [0.05, 0.1) is 5.02 Å². The second kappa shape index (κ2) is 4.99. The van der Waals surface area contributed by atoms with Gasteiger partial charge >= 0.3 is 0 Å². The maximum atomic E-state index is 6.27. The number of halogens is 1. The van der Waals surface area contributed by atoms with E-state index in [4.69, 9.17) is 11.6 Å². The first-order chi connectivity index (χ1) is 7.65. The Hall–Kier alpha value is -0.180. The molecule has 3 atom stereocenters. The van der Waals surface area contributed by atoms with E-state index in [0.29, 0.717) is 17.2 Å². The number of hydrogen-bond acceptors (Lipinski definition) is 2. The van der Waals surface area contributed by atoms with Crippen molar-refractivity contribution in [3.8, 4) is 0 Å². The zero-order valence-electron chi connectivity index (χ0n) is 9.96. The summed E-state index contributed by atoms with van der Waals surface area (Å²) in [6.45, 7) is 7.75. The molecule has 0 aliphatic carbocycles. The Labute approximate surface area is 107 Å². The van der Waals surface area contributed by atoms with Crippen molar-refractivity contribution < 1.29 is 0 Å². The van der Waals surface area contributed by atoms with Gasteiger partial charge in [-0.3, -0.25) is 0 Å². The van der Waals surface area contributed by atoms with Crippen LogP contribution < -0.4 is 5.32 Å². The first-order valence-corrected chi connectivity index (χ1v) is 7.09. The molecule has 0 saturated carbocycles. The molecule has 3 unspecified atom stereocenters. The molecular formula is C13H18ClNS. The van der Waals surface area contributed by atoms with Crippen LogP contribution in [0.2, 0.25) is 5.02 Å². The van der Waals surface area contributed by atoms with Crippen molar-refractivity contribution in [2.24, 2.45) is 5.92 Å². The molecule has 1 aromatic rings. The lowest BCUT2D eigenvalue weighted by Crippen LogP contribution is -2.34. The summed E-state index contributed by atoms with van der Waals surface area (Å²) in [7, 11) is 0. The summed E-state index contributed by atoms with van der Waals surface area (Å²) >= 11 is 8.18. The van der Waals surface area contributed by atoms with Crippen LogP contribution in [0.5, 0.6) is 0 Å². The van der Waals surface area contributed by atoms with Crippen LogP contribution in [0.4, 0.5) is 0 Å². The molecule has 16 heavy (non-hydrogen) atoms. The summed E-state index contributed by atoms with van der Waals surface area (Å²) in [5.74, 6) is 0.635. The van der Waals surface area contributed by atoms with Crippen LogP contribution in [0.1, 0.15) is 32.4 Å². The van der Waals surface area contributed by atoms with E-state index in [1.807, 2.05) is 17.8 Å². The molecule has 88 valence electrons. The zero-order chi connectivity index (χ0) is 11.7. The predicted octanol–water partition coefficient (Wildman–Crippen LogP) is 4.12. The first kappa shape index (κ1) is 12.3. The summed E-state index contributed by atoms with van der Waals surface area (Å²) < 4.78 is 0. The second-order valence-electron chi connectivity index (χ2n) is 4.38. The van der Waals surface area contributed by atoms with E-state index in [0.717, 1.165) is 11.6 Å². The molecule has 1 heterocycles. The molecule has 3 heteroatoms. The molecule has 1 N–H and O–H groups in total. The third-order valence-electron chi connectivity index (χ3n) is 3.33. The van der Waals surface area contributed by atoms with Gasteiger partial charge in [0, 0.05) is 16.2 Å². The van der Waals surface area contributed by atoms with E-state index in [1.165, 1.54) is 10.5 Å². The third kappa shape index (κ3) is 2.11. The Morgan fingerprint density at radius 1 is 1.38 bits per heavy atom. The van der Waals surface area contributed by atoms with Crippen LogP contribution >= 0.6 is 23.4 Å². The average Bonchev–Trinajstić information content (AvgIpc) is 2.26. The molecule has 1 aromatic carbocycles. The molecule has 1 aliphatic rings. The number of fused-ring (bicyclic) bond motifs is 1. The third-order valence-corrected chi connectivity index (χ3v) is 5.25. The van der Waals surface area contributed by atoms with E-state index < -0.39 is 0 Å². The van der Waals surface area contributed by atoms with Crippen molar-refractivity contribution in [1.82, 2.24) is 5.32 Å². The van der Waals surface area contributed by atoms with Crippen LogP contribution in [0.25, 0.3) is 0 Å². The van der Waals surface area contributed by atoms with Gasteiger partial charge in [-0.2, -0.15) is 0 Å². The summed E-state index contributed by atoms with van der Waals surface area (Å²) in [5.41, 5.74) is 1.37. The van der Waals surface area contributed by atoms with Crippen LogP contribution in [0.3, 0.4) is 0 Å². The van der Waals surface area contributed by atoms with Gasteiger partial charge in [-0.15, -0.1) is 11.8 Å². The van der Waals surface area contributed by atoms with Crippen molar-refractivity contribution in [2.75, 3.05) is 6.54 Å². The standard InChI is InChI=1S/C13H18ClNS/c1-4-15-12-8(2)9(3)16-13-10(12)6-5-7-11(13)14/h5-9,12,15H,4H2,1-3H3. The van der Waals surface area contributed by atoms with Gasteiger partial charge in [0.2, 0.25) is 0 Å². The van der Waals surface area contributed by atoms with Crippen LogP contribution in [-0.2, 0) is 0 Å². The zero-order valence-corrected chi connectivity index (χ0v) is 11.5. The molecule has 0 saturated heterocycles. The Kier molecular flexibility index (Phi) is 3.83. The first-order valence-electron chi connectivity index (χ1n) is 5.83. The monoisotopic (exact) mass is 255 g/mol. The maximum absolute atomic E-state index is 6.27. The fraction of sp³-hybridized carbons (Fsp3) is 0.538. The lowest BCUT2D eigenvalue weighted by atomic mass is 9.91. The molecule has 0 amide bonds. The number of nitrogens with one attached hydrogen (secondary N) is 1. The van der Waals surface area contributed by atoms with Gasteiger partial charge in [0.1, 0.15) is 0 Å². The summed E-state index contributed by atoms with van der Waals surface area (Å²) in [4.78, 5) is 1.26. The molecule has 0 radical (unpaired) electrons. The molecule has 0 spiro atoms. The Morgan fingerprint density at radius 3 is 2.81 bits per heavy atom. The normalized spacial score (nSPS) is 28.9. The largest absolute Gasteiger partial charge is 0.310 e. The summed E-state index contributed by atoms with van der Waals surface area (Å²) in [5, 5.41) is 5.08. The Bertz CT molecular complexity index is 380. The Morgan fingerprint density at radius 2 is 2.12 bits per heavy atom. The number of thioether (sulfide) groups is 1. The SMILES string of the molecule is CCNC1c2cccc(Cl)c2SC(C)C1C. The fourth-order valence-corrected chi connectivity index (χ4v) is 3.83. The minimum absolute atomic E-state index is 0.440. The van der Waals surface area contributed by atoms with Crippen molar-refractivity contribution in [2.45, 2.75) is 37.0 Å². The maximum Gasteiger partial charge on any atom is 0.0545 e. The van der Waals surface area contributed by atoms with Gasteiger partial charge in [0.25, 0.3) is 0 Å². The number of hydrogen-bond donors (Lipinski definition) is 1. The lowest BCUT2D eigenvalue weighted by Gasteiger charge is -2.36. The van der Waals surface area contributed by atoms with E-state index >= 15 is 0 Å². The van der Waals surface area contributed by atoms with Crippen molar-refractivity contribution in [3.63, 3.8) is 0 Å². The lowest BCUT2D eigenvalue weighted by molar-refractivity contribution is 0.380. The van der Waals surface area contributed by atoms with Gasteiger partial charge in [-0.05, 0) is 24.1 Å². The molecule has 0 bridgehead atoms. The highest BCUT2D eigenvalue weighted by Gasteiger charge is 2.32. The molecule has 1 nitrogen and oxygen atoms in total. The minimum Gasteiger partial charge on any atom is -0.310 e. The average molecular weight is 256 g/mol. The van der Waals surface area contributed by atoms with E-state index in [2.05, 4.69) is 38.2 Å². The quantitative estimate of drug-likeness (QED) is 0.853. The topological polar surface area (TPSA) is 12.0 Å². The van der Waals surface area contributed by atoms with Crippen LogP contribution in [-0.4, -0.2) is 11.8 Å². The van der Waals surface area contributed by atoms with Crippen molar-refractivity contribution in [3.05, 3.63) is 28.8 Å². The van der Waals surface area contributed by atoms with Crippen molar-refractivity contribution in [1.29, 1.82) is 0 Å². The van der Waals surface area contributed by atoms with Gasteiger partial charge in [-0.25, -0.2) is 0 Å². The summed E-state index contributed by atoms with van der Waals surface area (Å²) in [6.07, 6.45) is 0. The van der Waals surface area contributed by atoms with Gasteiger partial charge < -0.3 is 5.32 Å². The van der Waals surface area contributed by atoms with Crippen LogP contribution in [0, 0.1) is 5.92 Å². The molecule has 0 fully saturated rings. The molecule has 1 aliphatic heterocycles. The highest BCUT2D eigenvalue weighted by molar-refractivity contribution is 8.00. The highest BCUT2D eigenvalue weighted by atomic mass is 35.5. The van der Waals surface area contributed by atoms with E-state index in [-0.39, 0.29) is 0 Å². The second-order valence-corrected chi connectivity index (χ2v) is 6.17. The highest BCUT2D eigenvalue weighted by Crippen LogP contribution is 2.46. The van der Waals surface area contributed by atoms with Gasteiger partial charge in [-0.1, -0.05) is 44.5 Å². The van der Waals surface area contributed by atoms with E-state index in [9.17, 15) is 0 Å². The predicted molar refractivity (Wildman–Crippen MR) is 72.4 cm³/mol. The molecule has 2 rings (SSSR count). The van der Waals surface area contributed by atoms with Crippen molar-refractivity contribution >= 4 is 23.4 Å². The minimum atomic E-state index is 0.440. The molecular weight excluding hydrogens is 238 g/mol. The molecule has 0 aromatic heterocycles. The van der Waals surface area contributed by atoms with Gasteiger partial charge in [0.15, 0.2) is 0 Å². The Balaban J connectivity index is 2.43. The smallest absolute Gasteiger partial charge is 0.0545 e. The summed E-state index contributed by atoms with van der Waals surface area (Å²) in [6, 6.07) is 6.67. The van der Waals surface area contributed by atoms with E-state index in [1.54, 1.807) is 0 Å². The number of benzene rings is 1. The number of rotatable bonds is 2.